The molecule has 0 bridgehead atoms. The second kappa shape index (κ2) is 11.7. The summed E-state index contributed by atoms with van der Waals surface area (Å²) in [6, 6.07) is 8.57. The molecule has 1 atom stereocenters. The number of furan rings is 1. The molecule has 0 aliphatic carbocycles. The van der Waals surface area contributed by atoms with Crippen LogP contribution in [0.1, 0.15) is 18.7 Å². The van der Waals surface area contributed by atoms with Crippen LogP contribution in [0.5, 0.6) is 5.75 Å². The zero-order chi connectivity index (χ0) is 33.0. The van der Waals surface area contributed by atoms with Crippen LogP contribution in [-0.2, 0) is 23.1 Å². The first-order valence-electron chi connectivity index (χ1n) is 14.8. The van der Waals surface area contributed by atoms with Crippen LogP contribution in [0.25, 0.3) is 55.8 Å². The number of hydrogen-bond acceptors (Lipinski definition) is 7. The van der Waals surface area contributed by atoms with Gasteiger partial charge in [0.1, 0.15) is 47.3 Å². The number of amides is 1. The predicted octanol–water partition coefficient (Wildman–Crippen LogP) is 6.44. The van der Waals surface area contributed by atoms with Crippen molar-refractivity contribution in [3.8, 4) is 39.5 Å². The lowest BCUT2D eigenvalue weighted by Gasteiger charge is -2.33. The molecule has 0 radical (unpaired) electrons. The number of rotatable bonds is 8. The highest BCUT2D eigenvalue weighted by molar-refractivity contribution is 6.07. The molecule has 6 aromatic rings. The minimum absolute atomic E-state index is 0.0269. The maximum atomic E-state index is 16.0. The van der Waals surface area contributed by atoms with Crippen molar-refractivity contribution in [2.24, 2.45) is 7.05 Å². The third-order valence-corrected chi connectivity index (χ3v) is 8.44. The summed E-state index contributed by atoms with van der Waals surface area (Å²) in [5, 5.41) is 4.72. The van der Waals surface area contributed by atoms with Crippen LogP contribution < -0.4 is 4.74 Å². The number of benzene rings is 2. The first-order valence-corrected chi connectivity index (χ1v) is 14.8. The molecule has 0 spiro atoms. The number of nitrogens with zero attached hydrogens (tertiary/aromatic N) is 6. The largest absolute Gasteiger partial charge is 0.490 e. The van der Waals surface area contributed by atoms with Crippen molar-refractivity contribution >= 4 is 27.9 Å². The van der Waals surface area contributed by atoms with E-state index >= 15 is 8.78 Å². The molecule has 47 heavy (non-hydrogen) atoms. The molecule has 0 saturated carbocycles. The molecular formula is C34H29F3N6O4. The fraction of sp³-hybridized carbons (Fsp3) is 0.235. The molecule has 5 heterocycles. The Morgan fingerprint density at radius 1 is 1.09 bits per heavy atom. The summed E-state index contributed by atoms with van der Waals surface area (Å²) in [6.07, 6.45) is 3.86. The summed E-state index contributed by atoms with van der Waals surface area (Å²) in [5.74, 6) is -3.07. The van der Waals surface area contributed by atoms with Crippen molar-refractivity contribution in [2.45, 2.75) is 19.5 Å². The quantitative estimate of drug-likeness (QED) is 0.139. The number of methoxy groups -OCH3 is 1. The molecule has 2 aromatic carbocycles. The monoisotopic (exact) mass is 642 g/mol. The summed E-state index contributed by atoms with van der Waals surface area (Å²) < 4.78 is 66.8. The van der Waals surface area contributed by atoms with Gasteiger partial charge in [0.05, 0.1) is 53.2 Å². The highest BCUT2D eigenvalue weighted by atomic mass is 19.1. The van der Waals surface area contributed by atoms with Gasteiger partial charge in [0.2, 0.25) is 5.91 Å². The van der Waals surface area contributed by atoms with Crippen LogP contribution in [0.2, 0.25) is 0 Å². The number of aromatic nitrogens is 5. The third-order valence-electron chi connectivity index (χ3n) is 8.44. The van der Waals surface area contributed by atoms with Gasteiger partial charge in [-0.15, -0.1) is 0 Å². The number of aryl methyl sites for hydroxylation is 1. The van der Waals surface area contributed by atoms with E-state index in [2.05, 4.69) is 11.6 Å². The van der Waals surface area contributed by atoms with Gasteiger partial charge in [-0.2, -0.15) is 5.10 Å². The zero-order valence-electron chi connectivity index (χ0n) is 25.8. The maximum Gasteiger partial charge on any atom is 0.246 e. The molecule has 4 aromatic heterocycles. The normalized spacial score (nSPS) is 14.6. The molecular weight excluding hydrogens is 613 g/mol. The van der Waals surface area contributed by atoms with Crippen molar-refractivity contribution in [1.82, 2.24) is 29.2 Å². The molecule has 0 saturated heterocycles. The molecule has 1 unspecified atom stereocenters. The van der Waals surface area contributed by atoms with Gasteiger partial charge in [-0.3, -0.25) is 9.48 Å². The van der Waals surface area contributed by atoms with E-state index in [0.717, 1.165) is 17.8 Å². The lowest BCUT2D eigenvalue weighted by Crippen LogP contribution is -2.40. The summed E-state index contributed by atoms with van der Waals surface area (Å²) in [5.41, 5.74) is 3.25. The Bertz CT molecular complexity index is 2200. The summed E-state index contributed by atoms with van der Waals surface area (Å²) >= 11 is 0. The standard InChI is InChI=1S/C34H29F3N6O4/c1-5-28(44)42-8-9-43-26(18(42)2)15-24(40-43)33-31(29-21(36)13-20(35)14-27(29)46-11-10-45-4)30-22(37)16-47-34(30)32(39-33)19-6-7-25-23(12-19)38-17-41(25)3/h5-7,12-18H,1,8-11H2,2-4H3. The highest BCUT2D eigenvalue weighted by Crippen LogP contribution is 2.47. The maximum absolute atomic E-state index is 16.0. The summed E-state index contributed by atoms with van der Waals surface area (Å²) in [7, 11) is 3.34. The Balaban J connectivity index is 1.53. The van der Waals surface area contributed by atoms with E-state index in [4.69, 9.17) is 24.0 Å². The Labute approximate surface area is 266 Å². The molecule has 1 aliphatic heterocycles. The molecule has 13 heteroatoms. The molecule has 0 N–H and O–H groups in total. The highest BCUT2D eigenvalue weighted by Gasteiger charge is 2.32. The number of imidazole rings is 1. The topological polar surface area (TPSA) is 100 Å². The van der Waals surface area contributed by atoms with Crippen LogP contribution in [-0.4, -0.2) is 62.0 Å². The lowest BCUT2D eigenvalue weighted by molar-refractivity contribution is -0.129. The smallest absolute Gasteiger partial charge is 0.246 e. The Hall–Kier alpha value is -5.43. The Morgan fingerprint density at radius 3 is 2.70 bits per heavy atom. The van der Waals surface area contributed by atoms with Crippen LogP contribution >= 0.6 is 0 Å². The van der Waals surface area contributed by atoms with Gasteiger partial charge >= 0.3 is 0 Å². The van der Waals surface area contributed by atoms with Crippen molar-refractivity contribution in [2.75, 3.05) is 26.9 Å². The van der Waals surface area contributed by atoms with Crippen molar-refractivity contribution in [3.05, 3.63) is 84.8 Å². The fourth-order valence-electron chi connectivity index (χ4n) is 6.17. The molecule has 7 rings (SSSR count). The number of halogens is 3. The molecule has 0 fully saturated rings. The first-order chi connectivity index (χ1) is 22.7. The summed E-state index contributed by atoms with van der Waals surface area (Å²) in [4.78, 5) is 23.7. The van der Waals surface area contributed by atoms with E-state index < -0.39 is 17.5 Å². The lowest BCUT2D eigenvalue weighted by atomic mass is 9.94. The van der Waals surface area contributed by atoms with E-state index in [9.17, 15) is 9.18 Å². The van der Waals surface area contributed by atoms with Gasteiger partial charge in [-0.25, -0.2) is 23.1 Å². The van der Waals surface area contributed by atoms with Gasteiger partial charge in [0.15, 0.2) is 11.4 Å². The number of ether oxygens (including phenoxy) is 2. The number of carbonyl (C=O) groups excluding carboxylic acids is 1. The van der Waals surface area contributed by atoms with Crippen molar-refractivity contribution < 1.29 is 31.9 Å². The SMILES string of the molecule is C=CC(=O)N1CCn2nc(-c3nc(-c4ccc5c(c4)ncn5C)c4occ(F)c4c3-c3c(F)cc(F)cc3OCCOC)cc2C1C. The average Bonchev–Trinajstić information content (AvgIpc) is 3.77. The fourth-order valence-corrected chi connectivity index (χ4v) is 6.17. The second-order valence-electron chi connectivity index (χ2n) is 11.2. The number of pyridine rings is 1. The van der Waals surface area contributed by atoms with Crippen molar-refractivity contribution in [3.63, 3.8) is 0 Å². The van der Waals surface area contributed by atoms with Crippen LogP contribution in [0.4, 0.5) is 13.2 Å². The second-order valence-corrected chi connectivity index (χ2v) is 11.2. The van der Waals surface area contributed by atoms with E-state index in [1.54, 1.807) is 28.0 Å². The van der Waals surface area contributed by atoms with Gasteiger partial charge < -0.3 is 23.4 Å². The molecule has 1 amide bonds. The third kappa shape index (κ3) is 5.03. The average molecular weight is 643 g/mol. The Morgan fingerprint density at radius 2 is 1.91 bits per heavy atom. The molecule has 1 aliphatic rings. The predicted molar refractivity (Wildman–Crippen MR) is 168 cm³/mol. The zero-order valence-corrected chi connectivity index (χ0v) is 25.8. The van der Waals surface area contributed by atoms with E-state index in [0.29, 0.717) is 35.9 Å². The Kier molecular flexibility index (Phi) is 7.55. The number of fused-ring (bicyclic) bond motifs is 3. The van der Waals surface area contributed by atoms with Gasteiger partial charge in [0.25, 0.3) is 0 Å². The molecule has 240 valence electrons. The van der Waals surface area contributed by atoms with E-state index in [1.165, 1.54) is 13.2 Å². The number of hydrogen-bond donors (Lipinski definition) is 0. The van der Waals surface area contributed by atoms with Gasteiger partial charge in [-0.1, -0.05) is 12.6 Å². The minimum Gasteiger partial charge on any atom is -0.490 e. The van der Waals surface area contributed by atoms with Crippen LogP contribution in [0.3, 0.4) is 0 Å². The van der Waals surface area contributed by atoms with Crippen LogP contribution in [0.15, 0.2) is 66.1 Å². The number of carbonyl (C=O) groups is 1. The summed E-state index contributed by atoms with van der Waals surface area (Å²) in [6.45, 7) is 6.33. The van der Waals surface area contributed by atoms with Crippen molar-refractivity contribution in [1.29, 1.82) is 0 Å². The van der Waals surface area contributed by atoms with Gasteiger partial charge in [-0.05, 0) is 31.2 Å². The molecule has 10 nitrogen and oxygen atoms in total. The van der Waals surface area contributed by atoms with E-state index in [-0.39, 0.29) is 70.1 Å². The first kappa shape index (κ1) is 30.2. The van der Waals surface area contributed by atoms with Gasteiger partial charge in [0, 0.05) is 44.0 Å². The van der Waals surface area contributed by atoms with Crippen LogP contribution in [0, 0.1) is 17.5 Å². The van der Waals surface area contributed by atoms with E-state index in [1.807, 2.05) is 30.7 Å². The minimum atomic E-state index is -0.995.